The summed E-state index contributed by atoms with van der Waals surface area (Å²) in [4.78, 5) is 28.8. The van der Waals surface area contributed by atoms with Gasteiger partial charge in [-0.05, 0) is 47.0 Å². The zero-order valence-corrected chi connectivity index (χ0v) is 19.8. The molecular formula is C28H28N4O4. The highest BCUT2D eigenvalue weighted by Gasteiger charge is 2.25. The van der Waals surface area contributed by atoms with Gasteiger partial charge in [-0.25, -0.2) is 10.3 Å². The number of ether oxygens (including phenoxy) is 1. The first-order chi connectivity index (χ1) is 17.6. The molecule has 8 nitrogen and oxygen atoms in total. The molecule has 1 saturated heterocycles. The van der Waals surface area contributed by atoms with E-state index in [2.05, 4.69) is 29.6 Å². The molecule has 5 rings (SSSR count). The van der Waals surface area contributed by atoms with Gasteiger partial charge in [0.2, 0.25) is 0 Å². The molecule has 8 heteroatoms. The van der Waals surface area contributed by atoms with Crippen LogP contribution >= 0.6 is 0 Å². The molecule has 3 aromatic carbocycles. The average molecular weight is 485 g/mol. The number of hydrogen-bond donors (Lipinski definition) is 3. The molecule has 0 spiro atoms. The Balaban J connectivity index is 1.44. The van der Waals surface area contributed by atoms with Gasteiger partial charge in [0, 0.05) is 42.1 Å². The van der Waals surface area contributed by atoms with Gasteiger partial charge in [-0.2, -0.15) is 0 Å². The molecule has 0 aromatic heterocycles. The van der Waals surface area contributed by atoms with Crippen molar-refractivity contribution in [3.63, 3.8) is 0 Å². The minimum absolute atomic E-state index is 0.0903. The van der Waals surface area contributed by atoms with E-state index in [1.54, 1.807) is 39.5 Å². The number of carbonyl (C=O) groups excluding carboxylic acids is 2. The van der Waals surface area contributed by atoms with Crippen molar-refractivity contribution < 1.29 is 19.5 Å². The fourth-order valence-corrected chi connectivity index (χ4v) is 4.52. The van der Waals surface area contributed by atoms with E-state index in [1.165, 1.54) is 0 Å². The highest BCUT2D eigenvalue weighted by atomic mass is 16.5. The van der Waals surface area contributed by atoms with Gasteiger partial charge in [0.1, 0.15) is 0 Å². The topological polar surface area (TPSA) is 94.1 Å². The molecule has 0 saturated carbocycles. The third-order valence-corrected chi connectivity index (χ3v) is 6.46. The van der Waals surface area contributed by atoms with Crippen LogP contribution < -0.4 is 15.7 Å². The number of nitrogens with one attached hydrogen (secondary N) is 2. The minimum atomic E-state index is -0.577. The van der Waals surface area contributed by atoms with Gasteiger partial charge >= 0.3 is 6.03 Å². The van der Waals surface area contributed by atoms with Gasteiger partial charge in [-0.3, -0.25) is 14.9 Å². The number of hydroxylamine groups is 1. The number of carbonyl (C=O) groups is 2. The monoisotopic (exact) mass is 484 g/mol. The maximum Gasteiger partial charge on any atom is 0.324 e. The first-order valence-electron chi connectivity index (χ1n) is 12.0. The largest absolute Gasteiger partial charge is 0.381 e. The van der Waals surface area contributed by atoms with Crippen LogP contribution in [0.1, 0.15) is 21.5 Å². The molecule has 3 amide bonds. The maximum absolute atomic E-state index is 13.6. The minimum Gasteiger partial charge on any atom is -0.381 e. The van der Waals surface area contributed by atoms with Gasteiger partial charge in [-0.15, -0.1) is 0 Å². The van der Waals surface area contributed by atoms with Gasteiger partial charge in [0.05, 0.1) is 19.8 Å². The molecule has 2 aliphatic rings. The van der Waals surface area contributed by atoms with E-state index in [0.717, 1.165) is 40.2 Å². The second-order valence-electron chi connectivity index (χ2n) is 8.70. The van der Waals surface area contributed by atoms with E-state index >= 15 is 0 Å². The van der Waals surface area contributed by atoms with Gasteiger partial charge in [0.25, 0.3) is 5.91 Å². The molecule has 0 aliphatic carbocycles. The Labute approximate surface area is 209 Å². The van der Waals surface area contributed by atoms with E-state index in [1.807, 2.05) is 30.3 Å². The van der Waals surface area contributed by atoms with Crippen molar-refractivity contribution >= 4 is 29.4 Å². The summed E-state index contributed by atoms with van der Waals surface area (Å²) in [6.45, 7) is 3.27. The summed E-state index contributed by atoms with van der Waals surface area (Å²) in [7, 11) is 0. The van der Waals surface area contributed by atoms with E-state index in [0.29, 0.717) is 38.4 Å². The highest BCUT2D eigenvalue weighted by Crippen LogP contribution is 2.33. The fraction of sp³-hybridized carbons (Fsp3) is 0.214. The van der Waals surface area contributed by atoms with Crippen molar-refractivity contribution in [2.75, 3.05) is 43.1 Å². The Kier molecular flexibility index (Phi) is 6.97. The van der Waals surface area contributed by atoms with E-state index < -0.39 is 5.91 Å². The van der Waals surface area contributed by atoms with Crippen LogP contribution in [-0.2, 0) is 11.3 Å². The van der Waals surface area contributed by atoms with Crippen molar-refractivity contribution in [1.29, 1.82) is 0 Å². The van der Waals surface area contributed by atoms with Crippen LogP contribution in [0, 0.1) is 0 Å². The normalized spacial score (nSPS) is 14.5. The van der Waals surface area contributed by atoms with Crippen LogP contribution in [0.25, 0.3) is 17.2 Å². The molecule has 0 radical (unpaired) electrons. The van der Waals surface area contributed by atoms with Crippen LogP contribution in [0.2, 0.25) is 0 Å². The summed E-state index contributed by atoms with van der Waals surface area (Å²) in [6, 6.07) is 21.0. The number of rotatable bonds is 5. The van der Waals surface area contributed by atoms with Crippen molar-refractivity contribution in [1.82, 2.24) is 10.4 Å². The molecule has 3 N–H and O–H groups in total. The van der Waals surface area contributed by atoms with E-state index in [9.17, 15) is 9.59 Å². The molecule has 184 valence electrons. The van der Waals surface area contributed by atoms with Crippen molar-refractivity contribution in [3.8, 4) is 11.1 Å². The Bertz CT molecular complexity index is 1270. The number of hydrogen-bond acceptors (Lipinski definition) is 5. The molecule has 0 atom stereocenters. The Morgan fingerprint density at radius 3 is 2.47 bits per heavy atom. The summed E-state index contributed by atoms with van der Waals surface area (Å²) >= 11 is 0. The predicted octanol–water partition coefficient (Wildman–Crippen LogP) is 4.37. The second kappa shape index (κ2) is 10.6. The van der Waals surface area contributed by atoms with Gasteiger partial charge < -0.3 is 15.0 Å². The lowest BCUT2D eigenvalue weighted by Gasteiger charge is -2.33. The van der Waals surface area contributed by atoms with Crippen molar-refractivity contribution in [2.45, 2.75) is 6.54 Å². The van der Waals surface area contributed by atoms with Crippen LogP contribution in [-0.4, -0.2) is 54.9 Å². The average Bonchev–Trinajstić information content (AvgIpc) is 2.96. The van der Waals surface area contributed by atoms with Gasteiger partial charge in [-0.1, -0.05) is 48.6 Å². The summed E-state index contributed by atoms with van der Waals surface area (Å²) < 4.78 is 5.43. The molecule has 0 unspecified atom stereocenters. The van der Waals surface area contributed by atoms with Crippen molar-refractivity contribution in [2.24, 2.45) is 0 Å². The zero-order valence-electron chi connectivity index (χ0n) is 19.8. The molecule has 36 heavy (non-hydrogen) atoms. The molecule has 3 aromatic rings. The lowest BCUT2D eigenvalue weighted by Crippen LogP contribution is -2.48. The Morgan fingerprint density at radius 1 is 1.00 bits per heavy atom. The third kappa shape index (κ3) is 4.95. The lowest BCUT2D eigenvalue weighted by atomic mass is 9.96. The first kappa shape index (κ1) is 23.6. The third-order valence-electron chi connectivity index (χ3n) is 6.46. The summed E-state index contributed by atoms with van der Waals surface area (Å²) in [5, 5.41) is 12.3. The van der Waals surface area contributed by atoms with E-state index in [-0.39, 0.29) is 6.03 Å². The summed E-state index contributed by atoms with van der Waals surface area (Å²) in [5.41, 5.74) is 8.09. The summed E-state index contributed by atoms with van der Waals surface area (Å²) in [6.07, 6.45) is 4.25. The first-order valence-corrected chi connectivity index (χ1v) is 12.0. The highest BCUT2D eigenvalue weighted by molar-refractivity contribution is 5.94. The number of nitrogens with zero attached hydrogens (tertiary/aromatic N) is 2. The van der Waals surface area contributed by atoms with E-state index in [4.69, 9.17) is 9.94 Å². The molecule has 2 aliphatic heterocycles. The van der Waals surface area contributed by atoms with Crippen LogP contribution in [0.3, 0.4) is 0 Å². The molecule has 0 bridgehead atoms. The van der Waals surface area contributed by atoms with Crippen LogP contribution in [0.15, 0.2) is 72.8 Å². The number of anilines is 2. The second-order valence-corrected chi connectivity index (χ2v) is 8.70. The van der Waals surface area contributed by atoms with Gasteiger partial charge in [0.15, 0.2) is 0 Å². The number of benzene rings is 3. The lowest BCUT2D eigenvalue weighted by molar-refractivity contribution is 0.0548. The number of fused-ring (bicyclic) bond motifs is 1. The Hall–Kier alpha value is -4.14. The zero-order chi connectivity index (χ0) is 24.9. The summed E-state index contributed by atoms with van der Waals surface area (Å²) in [5.74, 6) is -0.577. The predicted molar refractivity (Wildman–Crippen MR) is 139 cm³/mol. The Morgan fingerprint density at radius 2 is 1.75 bits per heavy atom. The SMILES string of the molecule is O=C(NO)c1ccc(CN(C(=O)N2CCOCC2)c2ccc(-c3cccc4c3C=CCN4)cc2)cc1. The fourth-order valence-electron chi connectivity index (χ4n) is 4.52. The maximum atomic E-state index is 13.6. The number of urea groups is 1. The van der Waals surface area contributed by atoms with Crippen LogP contribution in [0.5, 0.6) is 0 Å². The quantitative estimate of drug-likeness (QED) is 0.369. The molecule has 2 heterocycles. The smallest absolute Gasteiger partial charge is 0.324 e. The molecular weight excluding hydrogens is 456 g/mol. The standard InChI is InChI=1S/C28H28N4O4/c33-27(30-35)22-8-6-20(7-9-22)19-32(28(34)31-15-17-36-18-16-31)23-12-10-21(11-13-23)24-3-1-5-26-25(24)4-2-14-29-26/h1-13,29,35H,14-19H2,(H,30,33). The number of morpholine rings is 1. The van der Waals surface area contributed by atoms with Crippen molar-refractivity contribution in [3.05, 3.63) is 89.5 Å². The van der Waals surface area contributed by atoms with Crippen LogP contribution in [0.4, 0.5) is 16.2 Å². The molecule has 1 fully saturated rings. The number of amides is 3.